The molecule has 3 aliphatic heterocycles. The predicted molar refractivity (Wildman–Crippen MR) is 124 cm³/mol. The van der Waals surface area contributed by atoms with E-state index >= 15 is 0 Å². The standard InChI is InChI=1S/C26H25NO4.ClH/c1-28-21-9-8-18-12-20-19-14-23-22(30-15-31-23)13-17(19)10-11-27(20)25(24(18)26(21)29-2)16-6-4-3-5-7-16;/h3-9,13-14,20,25H,10-12,15H2,1-2H3;1H. The highest BCUT2D eigenvalue weighted by atomic mass is 35.5. The second-order valence-corrected chi connectivity index (χ2v) is 8.30. The van der Waals surface area contributed by atoms with Crippen LogP contribution in [0.3, 0.4) is 0 Å². The Bertz CT molecular complexity index is 1150. The first-order chi connectivity index (χ1) is 15.3. The minimum Gasteiger partial charge on any atom is -0.493 e. The summed E-state index contributed by atoms with van der Waals surface area (Å²) >= 11 is 0. The number of hydrogen-bond acceptors (Lipinski definition) is 5. The van der Waals surface area contributed by atoms with E-state index in [1.54, 1.807) is 14.2 Å². The molecule has 2 atom stereocenters. The fraction of sp³-hybridized carbons (Fsp3) is 0.308. The van der Waals surface area contributed by atoms with Gasteiger partial charge in [0, 0.05) is 18.2 Å². The van der Waals surface area contributed by atoms with Crippen molar-refractivity contribution in [2.75, 3.05) is 27.6 Å². The molecule has 0 saturated heterocycles. The maximum Gasteiger partial charge on any atom is 0.231 e. The molecule has 32 heavy (non-hydrogen) atoms. The fourth-order valence-corrected chi connectivity index (χ4v) is 5.48. The van der Waals surface area contributed by atoms with Gasteiger partial charge in [-0.2, -0.15) is 0 Å². The van der Waals surface area contributed by atoms with Crippen LogP contribution in [0.5, 0.6) is 23.0 Å². The molecule has 0 N–H and O–H groups in total. The van der Waals surface area contributed by atoms with Crippen LogP contribution < -0.4 is 18.9 Å². The van der Waals surface area contributed by atoms with Crippen LogP contribution in [-0.2, 0) is 12.8 Å². The molecule has 0 fully saturated rings. The summed E-state index contributed by atoms with van der Waals surface area (Å²) in [5, 5.41) is 0. The minimum atomic E-state index is 0. The first-order valence-corrected chi connectivity index (χ1v) is 10.8. The van der Waals surface area contributed by atoms with E-state index in [2.05, 4.69) is 53.4 Å². The van der Waals surface area contributed by atoms with Gasteiger partial charge in [-0.3, -0.25) is 4.90 Å². The van der Waals surface area contributed by atoms with Gasteiger partial charge in [-0.1, -0.05) is 36.4 Å². The SMILES string of the molecule is COc1ccc2c(c1OC)C(c1ccccc1)N1CCc3cc4c(cc3C1C2)OCO4.Cl. The van der Waals surface area contributed by atoms with Gasteiger partial charge in [-0.15, -0.1) is 12.4 Å². The minimum absolute atomic E-state index is 0. The van der Waals surface area contributed by atoms with Crippen molar-refractivity contribution in [2.24, 2.45) is 0 Å². The first-order valence-electron chi connectivity index (χ1n) is 10.8. The van der Waals surface area contributed by atoms with Gasteiger partial charge in [0.15, 0.2) is 23.0 Å². The Kier molecular flexibility index (Phi) is 5.39. The summed E-state index contributed by atoms with van der Waals surface area (Å²) in [4.78, 5) is 2.62. The third-order valence-corrected chi connectivity index (χ3v) is 6.84. The molecule has 6 heteroatoms. The van der Waals surface area contributed by atoms with Crippen molar-refractivity contribution in [2.45, 2.75) is 24.9 Å². The van der Waals surface area contributed by atoms with E-state index in [1.807, 2.05) is 6.07 Å². The molecule has 3 aromatic carbocycles. The number of hydrogen-bond donors (Lipinski definition) is 0. The van der Waals surface area contributed by atoms with Gasteiger partial charge in [-0.05, 0) is 53.3 Å². The molecule has 0 saturated carbocycles. The fourth-order valence-electron chi connectivity index (χ4n) is 5.48. The molecule has 0 aliphatic carbocycles. The molecular formula is C26H26ClNO4. The lowest BCUT2D eigenvalue weighted by molar-refractivity contribution is 0.126. The van der Waals surface area contributed by atoms with Gasteiger partial charge in [-0.25, -0.2) is 0 Å². The number of rotatable bonds is 3. The molecule has 3 aliphatic rings. The Morgan fingerprint density at radius 3 is 2.44 bits per heavy atom. The Morgan fingerprint density at radius 1 is 0.906 bits per heavy atom. The van der Waals surface area contributed by atoms with Crippen molar-refractivity contribution in [3.8, 4) is 23.0 Å². The van der Waals surface area contributed by atoms with Gasteiger partial charge in [0.2, 0.25) is 6.79 Å². The normalized spacial score (nSPS) is 20.4. The molecular weight excluding hydrogens is 426 g/mol. The van der Waals surface area contributed by atoms with Crippen molar-refractivity contribution in [3.63, 3.8) is 0 Å². The molecule has 2 unspecified atom stereocenters. The Morgan fingerprint density at radius 2 is 1.69 bits per heavy atom. The third-order valence-electron chi connectivity index (χ3n) is 6.84. The summed E-state index contributed by atoms with van der Waals surface area (Å²) in [5.74, 6) is 3.34. The van der Waals surface area contributed by atoms with Crippen LogP contribution in [0.15, 0.2) is 54.6 Å². The smallest absolute Gasteiger partial charge is 0.231 e. The largest absolute Gasteiger partial charge is 0.493 e. The third kappa shape index (κ3) is 3.11. The summed E-state index contributed by atoms with van der Waals surface area (Å²) in [5.41, 5.74) is 6.49. The van der Waals surface area contributed by atoms with E-state index in [-0.39, 0.29) is 24.5 Å². The molecule has 3 aromatic rings. The van der Waals surface area contributed by atoms with Crippen LogP contribution in [0.1, 0.15) is 39.9 Å². The van der Waals surface area contributed by atoms with E-state index in [4.69, 9.17) is 18.9 Å². The Hall–Kier alpha value is -2.89. The summed E-state index contributed by atoms with van der Waals surface area (Å²) in [6.07, 6.45) is 1.90. The number of ether oxygens (including phenoxy) is 4. The molecule has 0 amide bonds. The van der Waals surface area contributed by atoms with E-state index in [0.717, 1.165) is 42.4 Å². The van der Waals surface area contributed by atoms with E-state index in [9.17, 15) is 0 Å². The van der Waals surface area contributed by atoms with Crippen LogP contribution in [-0.4, -0.2) is 32.5 Å². The van der Waals surface area contributed by atoms with E-state index in [1.165, 1.54) is 27.8 Å². The van der Waals surface area contributed by atoms with Crippen molar-refractivity contribution in [1.82, 2.24) is 4.90 Å². The number of benzene rings is 3. The number of methoxy groups -OCH3 is 2. The van der Waals surface area contributed by atoms with Crippen LogP contribution in [0.4, 0.5) is 0 Å². The lowest BCUT2D eigenvalue weighted by atomic mass is 9.78. The van der Waals surface area contributed by atoms with Gasteiger partial charge in [0.05, 0.1) is 20.3 Å². The predicted octanol–water partition coefficient (Wildman–Crippen LogP) is 5.10. The average molecular weight is 452 g/mol. The van der Waals surface area contributed by atoms with Crippen molar-refractivity contribution < 1.29 is 18.9 Å². The summed E-state index contributed by atoms with van der Waals surface area (Å²) < 4.78 is 22.9. The Labute approximate surface area is 194 Å². The molecule has 0 aromatic heterocycles. The molecule has 0 bridgehead atoms. The molecule has 5 nitrogen and oxygen atoms in total. The molecule has 3 heterocycles. The molecule has 0 radical (unpaired) electrons. The first kappa shape index (κ1) is 21.0. The van der Waals surface area contributed by atoms with Gasteiger partial charge in [0.1, 0.15) is 0 Å². The second-order valence-electron chi connectivity index (χ2n) is 8.30. The van der Waals surface area contributed by atoms with E-state index in [0.29, 0.717) is 6.79 Å². The van der Waals surface area contributed by atoms with Crippen LogP contribution in [0, 0.1) is 0 Å². The van der Waals surface area contributed by atoms with Gasteiger partial charge >= 0.3 is 0 Å². The van der Waals surface area contributed by atoms with Crippen molar-refractivity contribution in [1.29, 1.82) is 0 Å². The van der Waals surface area contributed by atoms with E-state index < -0.39 is 0 Å². The van der Waals surface area contributed by atoms with Crippen LogP contribution in [0.25, 0.3) is 0 Å². The number of nitrogens with zero attached hydrogens (tertiary/aromatic N) is 1. The zero-order chi connectivity index (χ0) is 20.9. The lowest BCUT2D eigenvalue weighted by Gasteiger charge is -2.47. The van der Waals surface area contributed by atoms with Gasteiger partial charge < -0.3 is 18.9 Å². The molecule has 6 rings (SSSR count). The van der Waals surface area contributed by atoms with Crippen molar-refractivity contribution >= 4 is 12.4 Å². The zero-order valence-corrected chi connectivity index (χ0v) is 19.0. The summed E-state index contributed by atoms with van der Waals surface area (Å²) in [6.45, 7) is 1.27. The van der Waals surface area contributed by atoms with Crippen LogP contribution >= 0.6 is 12.4 Å². The van der Waals surface area contributed by atoms with Gasteiger partial charge in [0.25, 0.3) is 0 Å². The maximum absolute atomic E-state index is 5.91. The van der Waals surface area contributed by atoms with Crippen LogP contribution in [0.2, 0.25) is 0 Å². The number of fused-ring (bicyclic) bond motifs is 5. The quantitative estimate of drug-likeness (QED) is 0.554. The van der Waals surface area contributed by atoms with Crippen molar-refractivity contribution in [3.05, 3.63) is 82.4 Å². The maximum atomic E-state index is 5.91. The summed E-state index contributed by atoms with van der Waals surface area (Å²) in [7, 11) is 3.44. The Balaban J connectivity index is 0.00000216. The highest BCUT2D eigenvalue weighted by molar-refractivity contribution is 5.85. The molecule has 166 valence electrons. The lowest BCUT2D eigenvalue weighted by Crippen LogP contribution is -2.43. The monoisotopic (exact) mass is 451 g/mol. The summed E-state index contributed by atoms with van der Waals surface area (Å²) in [6, 6.07) is 19.7. The second kappa shape index (κ2) is 8.23. The molecule has 0 spiro atoms. The highest BCUT2D eigenvalue weighted by Gasteiger charge is 2.42. The average Bonchev–Trinajstić information content (AvgIpc) is 3.28. The number of halogens is 1. The highest BCUT2D eigenvalue weighted by Crippen LogP contribution is 2.52. The topological polar surface area (TPSA) is 40.2 Å². The zero-order valence-electron chi connectivity index (χ0n) is 18.2.